The van der Waals surface area contributed by atoms with Crippen molar-refractivity contribution >= 4 is 5.70 Å². The summed E-state index contributed by atoms with van der Waals surface area (Å²) in [6, 6.07) is 10.3. The second kappa shape index (κ2) is 4.75. The van der Waals surface area contributed by atoms with Crippen LogP contribution in [0.15, 0.2) is 36.9 Å². The first-order chi connectivity index (χ1) is 8.79. The molecule has 3 nitrogen and oxygen atoms in total. The third-order valence-electron chi connectivity index (χ3n) is 3.83. The molecular weight excluding hydrogens is 226 g/mol. The quantitative estimate of drug-likeness (QED) is 0.799. The lowest BCUT2D eigenvalue weighted by Crippen LogP contribution is -2.44. The van der Waals surface area contributed by atoms with Gasteiger partial charge in [-0.1, -0.05) is 36.9 Å². The molecule has 0 unspecified atom stereocenters. The average Bonchev–Trinajstić information content (AvgIpc) is 2.88. The van der Waals surface area contributed by atoms with Crippen molar-refractivity contribution in [3.8, 4) is 0 Å². The Labute approximate surface area is 108 Å². The third kappa shape index (κ3) is 2.16. The number of likely N-dealkylation sites (tertiary alicyclic amines) is 1. The number of piperidine rings is 1. The summed E-state index contributed by atoms with van der Waals surface area (Å²) in [4.78, 5) is 2.33. The molecule has 0 N–H and O–H groups in total. The van der Waals surface area contributed by atoms with E-state index in [1.807, 2.05) is 6.07 Å². The van der Waals surface area contributed by atoms with Gasteiger partial charge in [0.2, 0.25) is 0 Å². The van der Waals surface area contributed by atoms with E-state index >= 15 is 0 Å². The van der Waals surface area contributed by atoms with Crippen LogP contribution in [-0.4, -0.2) is 37.0 Å². The highest BCUT2D eigenvalue weighted by atomic mass is 16.7. The van der Waals surface area contributed by atoms with Crippen LogP contribution in [0, 0.1) is 0 Å². The number of nitrogens with zero attached hydrogens (tertiary/aromatic N) is 1. The van der Waals surface area contributed by atoms with Crippen LogP contribution in [-0.2, 0) is 9.47 Å². The van der Waals surface area contributed by atoms with E-state index in [4.69, 9.17) is 9.47 Å². The number of rotatable bonds is 2. The zero-order chi connectivity index (χ0) is 12.4. The van der Waals surface area contributed by atoms with Gasteiger partial charge in [0.25, 0.3) is 0 Å². The molecule has 3 heteroatoms. The first kappa shape index (κ1) is 11.8. The molecule has 2 aliphatic rings. The van der Waals surface area contributed by atoms with Crippen molar-refractivity contribution in [2.45, 2.75) is 18.6 Å². The Morgan fingerprint density at radius 1 is 1.06 bits per heavy atom. The van der Waals surface area contributed by atoms with Gasteiger partial charge < -0.3 is 14.4 Å². The summed E-state index contributed by atoms with van der Waals surface area (Å²) < 4.78 is 11.5. The molecule has 96 valence electrons. The minimum absolute atomic E-state index is 0.298. The van der Waals surface area contributed by atoms with E-state index in [1.54, 1.807) is 0 Å². The molecule has 0 aliphatic carbocycles. The summed E-state index contributed by atoms with van der Waals surface area (Å²) in [7, 11) is 0. The zero-order valence-electron chi connectivity index (χ0n) is 10.6. The summed E-state index contributed by atoms with van der Waals surface area (Å²) in [6.07, 6.45) is 1.86. The van der Waals surface area contributed by atoms with Gasteiger partial charge in [-0.3, -0.25) is 0 Å². The fourth-order valence-corrected chi connectivity index (χ4v) is 2.72. The van der Waals surface area contributed by atoms with E-state index in [0.717, 1.165) is 44.8 Å². The molecule has 0 saturated carbocycles. The second-order valence-electron chi connectivity index (χ2n) is 4.91. The molecule has 0 aromatic heterocycles. The lowest BCUT2D eigenvalue weighted by atomic mass is 10.0. The summed E-state index contributed by atoms with van der Waals surface area (Å²) in [6.45, 7) is 7.58. The van der Waals surface area contributed by atoms with Crippen LogP contribution in [0.1, 0.15) is 18.4 Å². The lowest BCUT2D eigenvalue weighted by molar-refractivity contribution is -0.181. The van der Waals surface area contributed by atoms with Crippen LogP contribution in [0.2, 0.25) is 0 Å². The number of ether oxygens (including phenoxy) is 2. The topological polar surface area (TPSA) is 21.7 Å². The third-order valence-corrected chi connectivity index (χ3v) is 3.83. The van der Waals surface area contributed by atoms with Crippen LogP contribution in [0.5, 0.6) is 0 Å². The Kier molecular flexibility index (Phi) is 3.10. The van der Waals surface area contributed by atoms with Crippen molar-refractivity contribution in [1.29, 1.82) is 0 Å². The van der Waals surface area contributed by atoms with E-state index in [2.05, 4.69) is 35.7 Å². The fraction of sp³-hybridized carbons (Fsp3) is 0.467. The summed E-state index contributed by atoms with van der Waals surface area (Å²) in [5.74, 6) is -0.298. The number of hydrogen-bond acceptors (Lipinski definition) is 3. The SMILES string of the molecule is C=C(c1ccccc1)N1CCC2(CC1)OCCO2. The molecule has 0 amide bonds. The molecular formula is C15H19NO2. The van der Waals surface area contributed by atoms with Crippen LogP contribution in [0.25, 0.3) is 5.70 Å². The van der Waals surface area contributed by atoms with Gasteiger partial charge >= 0.3 is 0 Å². The predicted octanol–water partition coefficient (Wildman–Crippen LogP) is 2.50. The van der Waals surface area contributed by atoms with Gasteiger partial charge in [0, 0.05) is 31.6 Å². The summed E-state index contributed by atoms with van der Waals surface area (Å²) in [5, 5.41) is 0. The molecule has 0 bridgehead atoms. The monoisotopic (exact) mass is 245 g/mol. The van der Waals surface area contributed by atoms with E-state index in [1.165, 1.54) is 5.56 Å². The lowest BCUT2D eigenvalue weighted by Gasteiger charge is -2.39. The highest BCUT2D eigenvalue weighted by Gasteiger charge is 2.39. The van der Waals surface area contributed by atoms with Gasteiger partial charge in [-0.05, 0) is 5.56 Å². The van der Waals surface area contributed by atoms with Crippen LogP contribution < -0.4 is 0 Å². The molecule has 3 rings (SSSR count). The van der Waals surface area contributed by atoms with Gasteiger partial charge in [0.15, 0.2) is 5.79 Å². The first-order valence-electron chi connectivity index (χ1n) is 6.56. The molecule has 2 saturated heterocycles. The Hall–Kier alpha value is -1.32. The van der Waals surface area contributed by atoms with Crippen LogP contribution in [0.3, 0.4) is 0 Å². The molecule has 1 aromatic carbocycles. The molecule has 2 fully saturated rings. The Bertz CT molecular complexity index is 413. The van der Waals surface area contributed by atoms with E-state index in [-0.39, 0.29) is 5.79 Å². The molecule has 1 aromatic rings. The minimum atomic E-state index is -0.298. The zero-order valence-corrected chi connectivity index (χ0v) is 10.6. The number of hydrogen-bond donors (Lipinski definition) is 0. The van der Waals surface area contributed by atoms with Gasteiger partial charge in [-0.15, -0.1) is 0 Å². The molecule has 18 heavy (non-hydrogen) atoms. The summed E-state index contributed by atoms with van der Waals surface area (Å²) in [5.41, 5.74) is 2.30. The second-order valence-corrected chi connectivity index (χ2v) is 4.91. The van der Waals surface area contributed by atoms with Crippen molar-refractivity contribution in [3.05, 3.63) is 42.5 Å². The predicted molar refractivity (Wildman–Crippen MR) is 70.9 cm³/mol. The van der Waals surface area contributed by atoms with Crippen molar-refractivity contribution in [1.82, 2.24) is 4.90 Å². The van der Waals surface area contributed by atoms with E-state index in [9.17, 15) is 0 Å². The number of benzene rings is 1. The molecule has 0 radical (unpaired) electrons. The van der Waals surface area contributed by atoms with Crippen molar-refractivity contribution in [2.75, 3.05) is 26.3 Å². The first-order valence-corrected chi connectivity index (χ1v) is 6.56. The van der Waals surface area contributed by atoms with E-state index in [0.29, 0.717) is 0 Å². The maximum atomic E-state index is 5.74. The van der Waals surface area contributed by atoms with E-state index < -0.39 is 0 Å². The van der Waals surface area contributed by atoms with Crippen LogP contribution in [0.4, 0.5) is 0 Å². The van der Waals surface area contributed by atoms with Crippen molar-refractivity contribution < 1.29 is 9.47 Å². The smallest absolute Gasteiger partial charge is 0.171 e. The molecule has 2 heterocycles. The maximum absolute atomic E-state index is 5.74. The standard InChI is InChI=1S/C15H19NO2/c1-13(14-5-3-2-4-6-14)16-9-7-15(8-10-16)17-11-12-18-15/h2-6H,1,7-12H2. The highest BCUT2D eigenvalue weighted by Crippen LogP contribution is 2.33. The van der Waals surface area contributed by atoms with Crippen LogP contribution >= 0.6 is 0 Å². The fourth-order valence-electron chi connectivity index (χ4n) is 2.72. The van der Waals surface area contributed by atoms with Crippen molar-refractivity contribution in [2.24, 2.45) is 0 Å². The average molecular weight is 245 g/mol. The Morgan fingerprint density at radius 3 is 2.28 bits per heavy atom. The molecule has 2 aliphatic heterocycles. The van der Waals surface area contributed by atoms with Gasteiger partial charge in [-0.25, -0.2) is 0 Å². The normalized spacial score (nSPS) is 22.3. The van der Waals surface area contributed by atoms with Gasteiger partial charge in [-0.2, -0.15) is 0 Å². The maximum Gasteiger partial charge on any atom is 0.171 e. The minimum Gasteiger partial charge on any atom is -0.371 e. The molecule has 0 atom stereocenters. The van der Waals surface area contributed by atoms with Crippen molar-refractivity contribution in [3.63, 3.8) is 0 Å². The highest BCUT2D eigenvalue weighted by molar-refractivity contribution is 5.61. The Morgan fingerprint density at radius 2 is 1.67 bits per heavy atom. The summed E-state index contributed by atoms with van der Waals surface area (Å²) >= 11 is 0. The molecule has 1 spiro atoms. The Balaban J connectivity index is 1.64. The largest absolute Gasteiger partial charge is 0.371 e. The van der Waals surface area contributed by atoms with Gasteiger partial charge in [0.1, 0.15) is 0 Å². The van der Waals surface area contributed by atoms with Gasteiger partial charge in [0.05, 0.1) is 13.2 Å².